The molecule has 0 aliphatic carbocycles. The van der Waals surface area contributed by atoms with Crippen LogP contribution in [-0.2, 0) is 19.1 Å². The third-order valence-corrected chi connectivity index (χ3v) is 3.61. The number of ether oxygens (including phenoxy) is 1. The Morgan fingerprint density at radius 3 is 2.11 bits per heavy atom. The molecule has 4 N–H and O–H groups in total. The van der Waals surface area contributed by atoms with E-state index in [9.17, 15) is 24.3 Å². The van der Waals surface area contributed by atoms with Gasteiger partial charge in [-0.05, 0) is 39.5 Å². The molecule has 2 atom stereocenters. The average molecular weight is 402 g/mol. The van der Waals surface area contributed by atoms with Gasteiger partial charge < -0.3 is 25.8 Å². The predicted octanol–water partition coefficient (Wildman–Crippen LogP) is 1.80. The highest BCUT2D eigenvalue weighted by Gasteiger charge is 2.27. The zero-order valence-electron chi connectivity index (χ0n) is 17.8. The largest absolute Gasteiger partial charge is 0.480 e. The van der Waals surface area contributed by atoms with Gasteiger partial charge in [-0.25, -0.2) is 9.59 Å². The maximum atomic E-state index is 12.5. The van der Waals surface area contributed by atoms with Crippen molar-refractivity contribution in [3.63, 3.8) is 0 Å². The van der Waals surface area contributed by atoms with Gasteiger partial charge in [-0.15, -0.1) is 0 Å². The van der Waals surface area contributed by atoms with Crippen molar-refractivity contribution in [3.05, 3.63) is 0 Å². The van der Waals surface area contributed by atoms with Gasteiger partial charge in [-0.3, -0.25) is 9.59 Å². The molecule has 0 aromatic rings. The minimum absolute atomic E-state index is 0.0915. The van der Waals surface area contributed by atoms with Crippen molar-refractivity contribution in [1.82, 2.24) is 16.0 Å². The van der Waals surface area contributed by atoms with Gasteiger partial charge in [0.05, 0.1) is 0 Å². The number of alkyl carbamates (subject to hydrolysis) is 1. The summed E-state index contributed by atoms with van der Waals surface area (Å²) in [5.74, 6) is -2.13. The first kappa shape index (κ1) is 25.7. The molecule has 0 fully saturated rings. The predicted molar refractivity (Wildman–Crippen MR) is 105 cm³/mol. The van der Waals surface area contributed by atoms with E-state index in [2.05, 4.69) is 16.0 Å². The molecule has 28 heavy (non-hydrogen) atoms. The second kappa shape index (κ2) is 12.2. The fraction of sp³-hybridized carbons (Fsp3) is 0.789. The molecule has 0 aromatic carbocycles. The van der Waals surface area contributed by atoms with Crippen molar-refractivity contribution < 1.29 is 29.0 Å². The normalized spacial score (nSPS) is 13.4. The summed E-state index contributed by atoms with van der Waals surface area (Å²) in [5.41, 5.74) is -0.690. The third-order valence-electron chi connectivity index (χ3n) is 3.61. The molecule has 0 heterocycles. The lowest BCUT2D eigenvalue weighted by molar-refractivity contribution is -0.142. The zero-order chi connectivity index (χ0) is 21.9. The summed E-state index contributed by atoms with van der Waals surface area (Å²) < 4.78 is 5.05. The van der Waals surface area contributed by atoms with Gasteiger partial charge in [-0.1, -0.05) is 33.6 Å². The topological polar surface area (TPSA) is 134 Å². The number of nitrogens with one attached hydrogen (secondary N) is 3. The molecule has 9 nitrogen and oxygen atoms in total. The molecule has 0 bridgehead atoms. The van der Waals surface area contributed by atoms with Crippen molar-refractivity contribution in [2.75, 3.05) is 6.54 Å². The highest BCUT2D eigenvalue weighted by Crippen LogP contribution is 2.08. The highest BCUT2D eigenvalue weighted by atomic mass is 16.6. The molecule has 9 heteroatoms. The van der Waals surface area contributed by atoms with Crippen LogP contribution in [0.3, 0.4) is 0 Å². The Labute approximate surface area is 167 Å². The molecular weight excluding hydrogens is 366 g/mol. The van der Waals surface area contributed by atoms with Crippen LogP contribution in [-0.4, -0.2) is 53.2 Å². The highest BCUT2D eigenvalue weighted by molar-refractivity contribution is 5.91. The van der Waals surface area contributed by atoms with E-state index in [0.29, 0.717) is 19.3 Å². The van der Waals surface area contributed by atoms with Crippen molar-refractivity contribution in [1.29, 1.82) is 0 Å². The Morgan fingerprint density at radius 2 is 1.64 bits per heavy atom. The monoisotopic (exact) mass is 401 g/mol. The third kappa shape index (κ3) is 12.1. The summed E-state index contributed by atoms with van der Waals surface area (Å²) in [5, 5.41) is 16.6. The van der Waals surface area contributed by atoms with Gasteiger partial charge in [0, 0.05) is 0 Å². The van der Waals surface area contributed by atoms with Crippen molar-refractivity contribution in [2.45, 2.75) is 84.9 Å². The maximum absolute atomic E-state index is 12.5. The van der Waals surface area contributed by atoms with Crippen molar-refractivity contribution in [3.8, 4) is 0 Å². The number of carbonyl (C=O) groups is 4. The van der Waals surface area contributed by atoms with E-state index in [4.69, 9.17) is 4.74 Å². The van der Waals surface area contributed by atoms with Crippen LogP contribution in [0.4, 0.5) is 4.79 Å². The molecular formula is C19H35N3O6. The number of amides is 3. The number of carboxylic acid groups (broad SMARTS) is 1. The van der Waals surface area contributed by atoms with E-state index >= 15 is 0 Å². The van der Waals surface area contributed by atoms with E-state index in [-0.39, 0.29) is 12.5 Å². The summed E-state index contributed by atoms with van der Waals surface area (Å²) in [6, 6.07) is -1.89. The molecule has 0 rings (SSSR count). The van der Waals surface area contributed by atoms with Crippen LogP contribution in [0.15, 0.2) is 0 Å². The van der Waals surface area contributed by atoms with Gasteiger partial charge in [0.1, 0.15) is 24.2 Å². The molecule has 162 valence electrons. The van der Waals surface area contributed by atoms with E-state index in [1.165, 1.54) is 0 Å². The van der Waals surface area contributed by atoms with Crippen LogP contribution in [0, 0.1) is 5.92 Å². The summed E-state index contributed by atoms with van der Waals surface area (Å²) in [4.78, 5) is 47.6. The number of carboxylic acids is 1. The van der Waals surface area contributed by atoms with Gasteiger partial charge in [-0.2, -0.15) is 0 Å². The summed E-state index contributed by atoms with van der Waals surface area (Å²) in [7, 11) is 0. The SMILES string of the molecule is CCCC[C@H](NC(=O)[C@H](CC(C)C)NC(=O)CNC(=O)OC(C)(C)C)C(=O)O. The standard InChI is InChI=1S/C19H35N3O6/c1-7-8-9-13(17(25)26)22-16(24)14(10-12(2)3)21-15(23)11-20-18(27)28-19(4,5)6/h12-14H,7-11H2,1-6H3,(H,20,27)(H,21,23)(H,22,24)(H,25,26)/t13-,14-/m0/s1. The molecule has 3 amide bonds. The lowest BCUT2D eigenvalue weighted by Gasteiger charge is -2.23. The second-order valence-electron chi connectivity index (χ2n) is 8.15. The van der Waals surface area contributed by atoms with E-state index < -0.39 is 41.6 Å². The molecule has 0 aliphatic rings. The Kier molecular flexibility index (Phi) is 11.2. The quantitative estimate of drug-likeness (QED) is 0.417. The number of hydrogen-bond acceptors (Lipinski definition) is 5. The molecule has 0 radical (unpaired) electrons. The van der Waals surface area contributed by atoms with E-state index in [1.54, 1.807) is 20.8 Å². The molecule has 0 spiro atoms. The van der Waals surface area contributed by atoms with Gasteiger partial charge in [0.25, 0.3) is 0 Å². The molecule has 0 saturated heterocycles. The Balaban J connectivity index is 4.83. The van der Waals surface area contributed by atoms with E-state index in [0.717, 1.165) is 6.42 Å². The first-order valence-corrected chi connectivity index (χ1v) is 9.65. The minimum Gasteiger partial charge on any atom is -0.480 e. The van der Waals surface area contributed by atoms with Crippen molar-refractivity contribution in [2.24, 2.45) is 5.92 Å². The second-order valence-corrected chi connectivity index (χ2v) is 8.15. The van der Waals surface area contributed by atoms with E-state index in [1.807, 2.05) is 20.8 Å². The van der Waals surface area contributed by atoms with Gasteiger partial charge >= 0.3 is 12.1 Å². The lowest BCUT2D eigenvalue weighted by Crippen LogP contribution is -2.53. The fourth-order valence-corrected chi connectivity index (χ4v) is 2.35. The molecule has 0 aliphatic heterocycles. The van der Waals surface area contributed by atoms with Gasteiger partial charge in [0.15, 0.2) is 0 Å². The number of rotatable bonds is 11. The average Bonchev–Trinajstić information content (AvgIpc) is 2.53. The lowest BCUT2D eigenvalue weighted by atomic mass is 10.0. The minimum atomic E-state index is -1.11. The number of carbonyl (C=O) groups excluding carboxylic acids is 3. The Bertz CT molecular complexity index is 542. The number of hydrogen-bond donors (Lipinski definition) is 4. The van der Waals surface area contributed by atoms with Crippen LogP contribution in [0.25, 0.3) is 0 Å². The Hall–Kier alpha value is -2.32. The molecule has 0 unspecified atom stereocenters. The van der Waals surface area contributed by atoms with Gasteiger partial charge in [0.2, 0.25) is 11.8 Å². The smallest absolute Gasteiger partial charge is 0.408 e. The first-order valence-electron chi connectivity index (χ1n) is 9.65. The van der Waals surface area contributed by atoms with Crippen LogP contribution in [0.1, 0.15) is 67.2 Å². The maximum Gasteiger partial charge on any atom is 0.408 e. The molecule has 0 saturated carbocycles. The summed E-state index contributed by atoms with van der Waals surface area (Å²) in [6.45, 7) is 10.5. The molecule has 0 aromatic heterocycles. The van der Waals surface area contributed by atoms with Crippen LogP contribution >= 0.6 is 0 Å². The van der Waals surface area contributed by atoms with Crippen molar-refractivity contribution >= 4 is 23.9 Å². The fourth-order valence-electron chi connectivity index (χ4n) is 2.35. The van der Waals surface area contributed by atoms with Crippen LogP contribution < -0.4 is 16.0 Å². The first-order chi connectivity index (χ1) is 12.9. The summed E-state index contributed by atoms with van der Waals surface area (Å²) >= 11 is 0. The number of aliphatic carboxylic acids is 1. The number of unbranched alkanes of at least 4 members (excludes halogenated alkanes) is 1. The Morgan fingerprint density at radius 1 is 1.04 bits per heavy atom. The zero-order valence-corrected chi connectivity index (χ0v) is 17.8. The van der Waals surface area contributed by atoms with Crippen LogP contribution in [0.2, 0.25) is 0 Å². The van der Waals surface area contributed by atoms with Crippen LogP contribution in [0.5, 0.6) is 0 Å². The summed E-state index contributed by atoms with van der Waals surface area (Å²) in [6.07, 6.45) is 1.39.